The average Bonchev–Trinajstić information content (AvgIpc) is 2.36. The maximum atomic E-state index is 11.4. The van der Waals surface area contributed by atoms with Crippen LogP contribution in [0.5, 0.6) is 5.75 Å². The van der Waals surface area contributed by atoms with E-state index in [1.54, 1.807) is 13.2 Å². The van der Waals surface area contributed by atoms with E-state index in [1.165, 1.54) is 0 Å². The van der Waals surface area contributed by atoms with Gasteiger partial charge in [-0.05, 0) is 45.4 Å². The Labute approximate surface area is 126 Å². The first-order valence-electron chi connectivity index (χ1n) is 6.89. The number of nitrogens with two attached hydrogens (primary N) is 1. The Morgan fingerprint density at radius 1 is 1.38 bits per heavy atom. The minimum Gasteiger partial charge on any atom is -0.496 e. The van der Waals surface area contributed by atoms with Crippen molar-refractivity contribution in [1.82, 2.24) is 5.32 Å². The number of benzene rings is 1. The number of carbonyl (C=O) groups excluding carboxylic acids is 1. The van der Waals surface area contributed by atoms with Gasteiger partial charge in [0, 0.05) is 17.8 Å². The molecule has 0 atom stereocenters. The van der Waals surface area contributed by atoms with Crippen LogP contribution < -0.4 is 15.8 Å². The highest BCUT2D eigenvalue weighted by atomic mass is 16.6. The summed E-state index contributed by atoms with van der Waals surface area (Å²) in [6, 6.07) is 5.46. The molecule has 3 N–H and O–H groups in total. The van der Waals surface area contributed by atoms with E-state index < -0.39 is 11.7 Å². The monoisotopic (exact) mass is 292 g/mol. The number of alkyl carbamates (subject to hydrolysis) is 1. The van der Waals surface area contributed by atoms with Crippen LogP contribution >= 0.6 is 0 Å². The van der Waals surface area contributed by atoms with Gasteiger partial charge in [-0.2, -0.15) is 0 Å². The first-order chi connectivity index (χ1) is 9.81. The minimum absolute atomic E-state index is 0.405. The highest BCUT2D eigenvalue weighted by Gasteiger charge is 2.15. The van der Waals surface area contributed by atoms with Gasteiger partial charge in [-0.25, -0.2) is 4.79 Å². The summed E-state index contributed by atoms with van der Waals surface area (Å²) in [6.07, 6.45) is 4.16. The van der Waals surface area contributed by atoms with Crippen molar-refractivity contribution in [3.63, 3.8) is 0 Å². The Balaban J connectivity index is 2.42. The van der Waals surface area contributed by atoms with Gasteiger partial charge in [0.25, 0.3) is 0 Å². The predicted octanol–water partition coefficient (Wildman–Crippen LogP) is 3.21. The molecule has 0 aromatic heterocycles. The van der Waals surface area contributed by atoms with E-state index in [2.05, 4.69) is 5.32 Å². The van der Waals surface area contributed by atoms with E-state index in [9.17, 15) is 4.79 Å². The second-order valence-corrected chi connectivity index (χ2v) is 5.62. The van der Waals surface area contributed by atoms with Crippen molar-refractivity contribution < 1.29 is 14.3 Å². The summed E-state index contributed by atoms with van der Waals surface area (Å²) in [4.78, 5) is 11.4. The third kappa shape index (κ3) is 6.70. The quantitative estimate of drug-likeness (QED) is 0.645. The van der Waals surface area contributed by atoms with E-state index in [0.717, 1.165) is 11.3 Å². The number of hydrogen-bond donors (Lipinski definition) is 2. The van der Waals surface area contributed by atoms with Crippen LogP contribution in [-0.4, -0.2) is 25.3 Å². The van der Waals surface area contributed by atoms with Crippen molar-refractivity contribution in [3.8, 4) is 5.75 Å². The summed E-state index contributed by atoms with van der Waals surface area (Å²) < 4.78 is 10.4. The van der Waals surface area contributed by atoms with Crippen LogP contribution in [0, 0.1) is 0 Å². The summed E-state index contributed by atoms with van der Waals surface area (Å²) in [5.41, 5.74) is 6.87. The maximum absolute atomic E-state index is 11.4. The number of nitrogens with one attached hydrogen (secondary N) is 1. The van der Waals surface area contributed by atoms with Gasteiger partial charge in [-0.15, -0.1) is 0 Å². The van der Waals surface area contributed by atoms with Crippen molar-refractivity contribution in [1.29, 1.82) is 0 Å². The second kappa shape index (κ2) is 7.57. The molecule has 1 aromatic rings. The fourth-order valence-electron chi connectivity index (χ4n) is 1.67. The molecule has 5 heteroatoms. The van der Waals surface area contributed by atoms with E-state index in [-0.39, 0.29) is 0 Å². The molecular formula is C16H24N2O3. The number of methoxy groups -OCH3 is 1. The van der Waals surface area contributed by atoms with Crippen molar-refractivity contribution in [2.75, 3.05) is 19.4 Å². The van der Waals surface area contributed by atoms with Crippen LogP contribution in [0.25, 0.3) is 6.08 Å². The number of carbonyl (C=O) groups is 1. The molecule has 0 aliphatic heterocycles. The van der Waals surface area contributed by atoms with Gasteiger partial charge in [-0.1, -0.05) is 12.2 Å². The summed E-state index contributed by atoms with van der Waals surface area (Å²) in [6.45, 7) is 6.01. The first-order valence-corrected chi connectivity index (χ1v) is 6.89. The fraction of sp³-hybridized carbons (Fsp3) is 0.438. The highest BCUT2D eigenvalue weighted by Crippen LogP contribution is 2.22. The maximum Gasteiger partial charge on any atom is 0.407 e. The van der Waals surface area contributed by atoms with Crippen molar-refractivity contribution in [3.05, 3.63) is 29.8 Å². The van der Waals surface area contributed by atoms with Crippen molar-refractivity contribution in [2.45, 2.75) is 32.8 Å². The molecule has 1 aromatic carbocycles. The lowest BCUT2D eigenvalue weighted by Crippen LogP contribution is -2.32. The van der Waals surface area contributed by atoms with Gasteiger partial charge in [-0.3, -0.25) is 0 Å². The lowest BCUT2D eigenvalue weighted by Gasteiger charge is -2.19. The molecule has 21 heavy (non-hydrogen) atoms. The third-order valence-corrected chi connectivity index (χ3v) is 2.53. The molecule has 5 nitrogen and oxygen atoms in total. The van der Waals surface area contributed by atoms with Crippen LogP contribution in [0.1, 0.15) is 32.8 Å². The van der Waals surface area contributed by atoms with E-state index in [4.69, 9.17) is 15.2 Å². The number of hydrogen-bond acceptors (Lipinski definition) is 4. The van der Waals surface area contributed by atoms with E-state index >= 15 is 0 Å². The Kier molecular flexibility index (Phi) is 6.09. The molecule has 1 rings (SSSR count). The molecule has 0 unspecified atom stereocenters. The number of anilines is 1. The van der Waals surface area contributed by atoms with E-state index in [1.807, 2.05) is 45.1 Å². The number of nitrogen functional groups attached to an aromatic ring is 1. The number of rotatable bonds is 5. The number of amides is 1. The molecule has 0 saturated heterocycles. The Morgan fingerprint density at radius 2 is 2.10 bits per heavy atom. The standard InChI is InChI=1S/C16H24N2O3/c1-16(2,3)21-15(19)18-10-6-5-7-12-11-13(17)8-9-14(12)20-4/h5,7-9,11H,6,10,17H2,1-4H3,(H,18,19). The van der Waals surface area contributed by atoms with Crippen LogP contribution in [0.2, 0.25) is 0 Å². The van der Waals surface area contributed by atoms with Crippen LogP contribution in [0.3, 0.4) is 0 Å². The highest BCUT2D eigenvalue weighted by molar-refractivity contribution is 5.67. The molecule has 0 aliphatic rings. The summed E-state index contributed by atoms with van der Waals surface area (Å²) in [5.74, 6) is 0.764. The SMILES string of the molecule is COc1ccc(N)cc1C=CCCNC(=O)OC(C)(C)C. The summed E-state index contributed by atoms with van der Waals surface area (Å²) in [5, 5.41) is 2.70. The molecule has 0 bridgehead atoms. The Morgan fingerprint density at radius 3 is 2.71 bits per heavy atom. The minimum atomic E-state index is -0.477. The summed E-state index contributed by atoms with van der Waals surface area (Å²) in [7, 11) is 1.62. The zero-order chi connectivity index (χ0) is 15.9. The lowest BCUT2D eigenvalue weighted by molar-refractivity contribution is 0.0529. The second-order valence-electron chi connectivity index (χ2n) is 5.62. The molecule has 0 aliphatic carbocycles. The van der Waals surface area contributed by atoms with Crippen molar-refractivity contribution in [2.24, 2.45) is 0 Å². The largest absolute Gasteiger partial charge is 0.496 e. The smallest absolute Gasteiger partial charge is 0.407 e. The molecule has 1 amide bonds. The lowest BCUT2D eigenvalue weighted by atomic mass is 10.1. The predicted molar refractivity (Wildman–Crippen MR) is 85.3 cm³/mol. The fourth-order valence-corrected chi connectivity index (χ4v) is 1.67. The molecule has 0 fully saturated rings. The normalized spacial score (nSPS) is 11.4. The van der Waals surface area contributed by atoms with Gasteiger partial charge < -0.3 is 20.5 Å². The molecular weight excluding hydrogens is 268 g/mol. The van der Waals surface area contributed by atoms with Gasteiger partial charge in [0.2, 0.25) is 0 Å². The number of ether oxygens (including phenoxy) is 2. The first kappa shape index (κ1) is 16.9. The average molecular weight is 292 g/mol. The van der Waals surface area contributed by atoms with Gasteiger partial charge in [0.05, 0.1) is 7.11 Å². The molecule has 116 valence electrons. The molecule has 0 spiro atoms. The van der Waals surface area contributed by atoms with Gasteiger partial charge in [0.1, 0.15) is 11.4 Å². The van der Waals surface area contributed by atoms with Crippen LogP contribution in [0.4, 0.5) is 10.5 Å². The van der Waals surface area contributed by atoms with Crippen molar-refractivity contribution >= 4 is 17.9 Å². The molecule has 0 heterocycles. The Hall–Kier alpha value is -2.17. The Bertz CT molecular complexity index is 505. The van der Waals surface area contributed by atoms with Gasteiger partial charge in [0.15, 0.2) is 0 Å². The van der Waals surface area contributed by atoms with Crippen LogP contribution in [-0.2, 0) is 4.74 Å². The van der Waals surface area contributed by atoms with E-state index in [0.29, 0.717) is 18.7 Å². The summed E-state index contributed by atoms with van der Waals surface area (Å²) >= 11 is 0. The molecule has 0 radical (unpaired) electrons. The topological polar surface area (TPSA) is 73.6 Å². The van der Waals surface area contributed by atoms with Gasteiger partial charge >= 0.3 is 6.09 Å². The zero-order valence-corrected chi connectivity index (χ0v) is 13.1. The third-order valence-electron chi connectivity index (χ3n) is 2.53. The van der Waals surface area contributed by atoms with Crippen LogP contribution in [0.15, 0.2) is 24.3 Å². The zero-order valence-electron chi connectivity index (χ0n) is 13.1. The molecule has 0 saturated carbocycles.